The Labute approximate surface area is 164 Å². The molecule has 0 unspecified atom stereocenters. The quantitative estimate of drug-likeness (QED) is 0.697. The first-order valence-corrected chi connectivity index (χ1v) is 9.64. The predicted molar refractivity (Wildman–Crippen MR) is 112 cm³/mol. The summed E-state index contributed by atoms with van der Waals surface area (Å²) >= 11 is 0. The van der Waals surface area contributed by atoms with Crippen molar-refractivity contribution in [3.8, 4) is 0 Å². The molecule has 5 rings (SSSR count). The van der Waals surface area contributed by atoms with Crippen LogP contribution in [0.25, 0.3) is 0 Å². The first kappa shape index (κ1) is 16.9. The fourth-order valence-corrected chi connectivity index (χ4v) is 4.02. The Morgan fingerprint density at radius 1 is 0.821 bits per heavy atom. The van der Waals surface area contributed by atoms with Crippen LogP contribution >= 0.6 is 0 Å². The Morgan fingerprint density at radius 3 is 2.39 bits per heavy atom. The van der Waals surface area contributed by atoms with Gasteiger partial charge in [0.05, 0.1) is 18.0 Å². The van der Waals surface area contributed by atoms with Crippen LogP contribution in [0.2, 0.25) is 0 Å². The Bertz CT molecular complexity index is 1060. The number of anilines is 1. The van der Waals surface area contributed by atoms with Crippen LogP contribution in [-0.4, -0.2) is 29.7 Å². The fraction of sp³-hybridized carbons (Fsp3) is 0.167. The summed E-state index contributed by atoms with van der Waals surface area (Å²) in [5.41, 5.74) is 5.95. The Balaban J connectivity index is 1.45. The maximum atomic E-state index is 13.3. The molecule has 0 N–H and O–H groups in total. The van der Waals surface area contributed by atoms with Crippen molar-refractivity contribution in [1.82, 2.24) is 4.90 Å². The Kier molecular flexibility index (Phi) is 4.26. The van der Waals surface area contributed by atoms with Gasteiger partial charge in [0.2, 0.25) is 0 Å². The van der Waals surface area contributed by atoms with Crippen molar-refractivity contribution in [2.24, 2.45) is 4.99 Å². The van der Waals surface area contributed by atoms with Crippen molar-refractivity contribution in [2.75, 3.05) is 18.1 Å². The third kappa shape index (κ3) is 3.02. The average Bonchev–Trinajstić information content (AvgIpc) is 3.00. The number of amides is 1. The second kappa shape index (κ2) is 7.06. The molecular formula is C24H21N3O. The molecular weight excluding hydrogens is 346 g/mol. The molecule has 2 aliphatic heterocycles. The molecule has 3 aromatic carbocycles. The zero-order valence-electron chi connectivity index (χ0n) is 15.6. The molecule has 4 nitrogen and oxygen atoms in total. The smallest absolute Gasteiger partial charge is 0.278 e. The molecule has 28 heavy (non-hydrogen) atoms. The highest BCUT2D eigenvalue weighted by atomic mass is 16.2. The van der Waals surface area contributed by atoms with Gasteiger partial charge < -0.3 is 0 Å². The monoisotopic (exact) mass is 367 g/mol. The highest BCUT2D eigenvalue weighted by Crippen LogP contribution is 2.31. The molecule has 0 saturated carbocycles. The van der Waals surface area contributed by atoms with Crippen LogP contribution in [0.5, 0.6) is 0 Å². The number of hydrogen-bond acceptors (Lipinski definition) is 3. The molecule has 0 aromatic heterocycles. The van der Waals surface area contributed by atoms with E-state index < -0.39 is 0 Å². The van der Waals surface area contributed by atoms with E-state index in [1.807, 2.05) is 59.5 Å². The number of para-hydroxylation sites is 2. The molecule has 0 radical (unpaired) electrons. The second-order valence-electron chi connectivity index (χ2n) is 7.26. The molecule has 3 aromatic rings. The first-order chi connectivity index (χ1) is 13.8. The standard InChI is InChI=1S/C24H21N3O/c28-24-23(25-20-10-2-1-3-11-20)21-12-6-7-13-22(21)27(24)17-26-15-14-18-8-4-5-9-19(18)16-26/h1-13H,14-17H2. The summed E-state index contributed by atoms with van der Waals surface area (Å²) in [4.78, 5) is 22.1. The number of benzene rings is 3. The van der Waals surface area contributed by atoms with Crippen molar-refractivity contribution in [1.29, 1.82) is 0 Å². The highest BCUT2D eigenvalue weighted by molar-refractivity contribution is 6.54. The highest BCUT2D eigenvalue weighted by Gasteiger charge is 2.35. The van der Waals surface area contributed by atoms with E-state index >= 15 is 0 Å². The number of rotatable bonds is 3. The van der Waals surface area contributed by atoms with Gasteiger partial charge in [0.1, 0.15) is 5.71 Å². The third-order valence-electron chi connectivity index (χ3n) is 5.45. The lowest BCUT2D eigenvalue weighted by atomic mass is 10.0. The molecule has 1 amide bonds. The maximum Gasteiger partial charge on any atom is 0.278 e. The minimum atomic E-state index is -0.0242. The topological polar surface area (TPSA) is 35.9 Å². The van der Waals surface area contributed by atoms with Gasteiger partial charge in [-0.15, -0.1) is 0 Å². The summed E-state index contributed by atoms with van der Waals surface area (Å²) in [6.07, 6.45) is 1.02. The number of aliphatic imine (C=N–C) groups is 1. The summed E-state index contributed by atoms with van der Waals surface area (Å²) in [6, 6.07) is 26.2. The zero-order valence-corrected chi connectivity index (χ0v) is 15.6. The SMILES string of the molecule is O=C1C(=Nc2ccccc2)c2ccccc2N1CN1CCc2ccccc2C1. The molecule has 0 saturated heterocycles. The zero-order chi connectivity index (χ0) is 18.9. The van der Waals surface area contributed by atoms with Gasteiger partial charge in [-0.25, -0.2) is 4.99 Å². The molecule has 2 aliphatic rings. The molecule has 0 atom stereocenters. The molecule has 0 spiro atoms. The molecule has 4 heteroatoms. The number of carbonyl (C=O) groups excluding carboxylic acids is 1. The molecule has 0 bridgehead atoms. The van der Waals surface area contributed by atoms with Crippen LogP contribution in [0.1, 0.15) is 16.7 Å². The molecule has 138 valence electrons. The van der Waals surface area contributed by atoms with Crippen molar-refractivity contribution >= 4 is 23.0 Å². The van der Waals surface area contributed by atoms with E-state index in [4.69, 9.17) is 0 Å². The van der Waals surface area contributed by atoms with Crippen LogP contribution < -0.4 is 4.90 Å². The summed E-state index contributed by atoms with van der Waals surface area (Å²) in [7, 11) is 0. The Hall–Kier alpha value is -3.24. The fourth-order valence-electron chi connectivity index (χ4n) is 4.02. The summed E-state index contributed by atoms with van der Waals surface area (Å²) in [6.45, 7) is 2.40. The number of nitrogens with zero attached hydrogens (tertiary/aromatic N) is 3. The first-order valence-electron chi connectivity index (χ1n) is 9.64. The van der Waals surface area contributed by atoms with Gasteiger partial charge in [-0.1, -0.05) is 60.7 Å². The van der Waals surface area contributed by atoms with Crippen LogP contribution in [0.15, 0.2) is 83.9 Å². The minimum absolute atomic E-state index is 0.0242. The number of hydrogen-bond donors (Lipinski definition) is 0. The van der Waals surface area contributed by atoms with Crippen LogP contribution in [0.3, 0.4) is 0 Å². The van der Waals surface area contributed by atoms with Crippen molar-refractivity contribution in [2.45, 2.75) is 13.0 Å². The van der Waals surface area contributed by atoms with Gasteiger partial charge in [-0.05, 0) is 35.7 Å². The second-order valence-corrected chi connectivity index (χ2v) is 7.26. The van der Waals surface area contributed by atoms with Crippen LogP contribution in [0.4, 0.5) is 11.4 Å². The van der Waals surface area contributed by atoms with Crippen LogP contribution in [-0.2, 0) is 17.8 Å². The van der Waals surface area contributed by atoms with Crippen LogP contribution in [0, 0.1) is 0 Å². The van der Waals surface area contributed by atoms with E-state index in [2.05, 4.69) is 34.2 Å². The lowest BCUT2D eigenvalue weighted by Gasteiger charge is -2.32. The average molecular weight is 367 g/mol. The van der Waals surface area contributed by atoms with Crippen molar-refractivity contribution in [3.05, 3.63) is 95.6 Å². The predicted octanol–water partition coefficient (Wildman–Crippen LogP) is 4.17. The summed E-state index contributed by atoms with van der Waals surface area (Å²) in [5, 5.41) is 0. The van der Waals surface area contributed by atoms with Gasteiger partial charge in [-0.3, -0.25) is 14.6 Å². The van der Waals surface area contributed by atoms with E-state index in [1.165, 1.54) is 11.1 Å². The minimum Gasteiger partial charge on any atom is -0.293 e. The van der Waals surface area contributed by atoms with E-state index in [-0.39, 0.29) is 5.91 Å². The maximum absolute atomic E-state index is 13.3. The van der Waals surface area contributed by atoms with E-state index in [1.54, 1.807) is 0 Å². The molecule has 0 fully saturated rings. The Morgan fingerprint density at radius 2 is 1.54 bits per heavy atom. The number of carbonyl (C=O) groups is 1. The third-order valence-corrected chi connectivity index (χ3v) is 5.45. The lowest BCUT2D eigenvalue weighted by Crippen LogP contribution is -2.43. The van der Waals surface area contributed by atoms with Crippen molar-refractivity contribution < 1.29 is 4.79 Å². The van der Waals surface area contributed by atoms with E-state index in [0.29, 0.717) is 12.4 Å². The summed E-state index contributed by atoms with van der Waals surface area (Å²) in [5.74, 6) is -0.0242. The van der Waals surface area contributed by atoms with E-state index in [9.17, 15) is 4.79 Å². The molecule has 2 heterocycles. The van der Waals surface area contributed by atoms with Gasteiger partial charge in [0, 0.05) is 18.7 Å². The lowest BCUT2D eigenvalue weighted by molar-refractivity contribution is -0.112. The van der Waals surface area contributed by atoms with E-state index in [0.717, 1.165) is 36.4 Å². The van der Waals surface area contributed by atoms with Gasteiger partial charge in [-0.2, -0.15) is 0 Å². The largest absolute Gasteiger partial charge is 0.293 e. The normalized spacial score (nSPS) is 17.6. The van der Waals surface area contributed by atoms with Crippen molar-refractivity contribution in [3.63, 3.8) is 0 Å². The van der Waals surface area contributed by atoms with Gasteiger partial charge in [0.15, 0.2) is 0 Å². The number of fused-ring (bicyclic) bond motifs is 2. The van der Waals surface area contributed by atoms with Gasteiger partial charge in [0.25, 0.3) is 5.91 Å². The van der Waals surface area contributed by atoms with Gasteiger partial charge >= 0.3 is 0 Å². The summed E-state index contributed by atoms with van der Waals surface area (Å²) < 4.78 is 0. The molecule has 0 aliphatic carbocycles.